The fourth-order valence-electron chi connectivity index (χ4n) is 7.89. The maximum Gasteiger partial charge on any atom is 0.0714 e. The Labute approximate surface area is 300 Å². The van der Waals surface area contributed by atoms with E-state index in [1.54, 1.807) is 0 Å². The largest absolute Gasteiger partial charge is 0.356 e. The van der Waals surface area contributed by atoms with Crippen molar-refractivity contribution < 1.29 is 0 Å². The molecule has 0 bridgehead atoms. The summed E-state index contributed by atoms with van der Waals surface area (Å²) in [6, 6.07) is 73.0. The van der Waals surface area contributed by atoms with Crippen molar-refractivity contribution in [1.29, 1.82) is 0 Å². The molecule has 9 rings (SSSR count). The van der Waals surface area contributed by atoms with Gasteiger partial charge in [0.15, 0.2) is 0 Å². The van der Waals surface area contributed by atoms with E-state index in [9.17, 15) is 0 Å². The van der Waals surface area contributed by atoms with E-state index in [1.165, 1.54) is 72.3 Å². The highest BCUT2D eigenvalue weighted by Crippen LogP contribution is 2.57. The summed E-state index contributed by atoms with van der Waals surface area (Å²) in [5.41, 5.74) is 17.8. The molecule has 0 aromatic heterocycles. The molecule has 1 aliphatic carbocycles. The molecule has 1 aliphatic rings. The summed E-state index contributed by atoms with van der Waals surface area (Å²) in [7, 11) is 0. The quantitative estimate of drug-likeness (QED) is 0.181. The molecule has 1 nitrogen and oxygen atoms in total. The van der Waals surface area contributed by atoms with E-state index in [4.69, 9.17) is 0 Å². The molecular formula is C50H37N. The van der Waals surface area contributed by atoms with Gasteiger partial charge in [-0.05, 0) is 104 Å². The zero-order valence-corrected chi connectivity index (χ0v) is 28.6. The van der Waals surface area contributed by atoms with Crippen LogP contribution >= 0.6 is 0 Å². The predicted octanol–water partition coefficient (Wildman–Crippen LogP) is 13.1. The second-order valence-electron chi connectivity index (χ2n) is 13.5. The van der Waals surface area contributed by atoms with Crippen molar-refractivity contribution in [3.05, 3.63) is 228 Å². The SMILES string of the molecule is Cc1ccc(C2(c3ccccc3)c3cc(Nc4ccc(-c5ccccc5)cc4)ccc3-c3ccc(-c4ccc(-c5ccccc5)cc4)cc32)cc1. The number of hydrogen-bond donors (Lipinski definition) is 1. The van der Waals surface area contributed by atoms with Crippen molar-refractivity contribution in [3.63, 3.8) is 0 Å². The molecule has 0 fully saturated rings. The van der Waals surface area contributed by atoms with Gasteiger partial charge in [-0.2, -0.15) is 0 Å². The first-order chi connectivity index (χ1) is 25.2. The molecular weight excluding hydrogens is 615 g/mol. The number of fused-ring (bicyclic) bond motifs is 3. The van der Waals surface area contributed by atoms with Crippen LogP contribution in [-0.2, 0) is 5.41 Å². The minimum atomic E-state index is -0.505. The molecule has 0 spiro atoms. The molecule has 0 saturated heterocycles. The van der Waals surface area contributed by atoms with E-state index < -0.39 is 5.41 Å². The lowest BCUT2D eigenvalue weighted by Crippen LogP contribution is -2.28. The third kappa shape index (κ3) is 5.44. The number of anilines is 2. The predicted molar refractivity (Wildman–Crippen MR) is 215 cm³/mol. The van der Waals surface area contributed by atoms with Gasteiger partial charge >= 0.3 is 0 Å². The van der Waals surface area contributed by atoms with E-state index in [2.05, 4.69) is 212 Å². The van der Waals surface area contributed by atoms with Gasteiger partial charge in [-0.3, -0.25) is 0 Å². The molecule has 0 heterocycles. The third-order valence-corrected chi connectivity index (χ3v) is 10.4. The molecule has 1 atom stereocenters. The fraction of sp³-hybridized carbons (Fsp3) is 0.0400. The highest BCUT2D eigenvalue weighted by Gasteiger charge is 2.46. The highest BCUT2D eigenvalue weighted by atomic mass is 14.9. The lowest BCUT2D eigenvalue weighted by atomic mass is 9.67. The normalized spacial score (nSPS) is 14.5. The van der Waals surface area contributed by atoms with Crippen molar-refractivity contribution >= 4 is 11.4 Å². The summed E-state index contributed by atoms with van der Waals surface area (Å²) in [4.78, 5) is 0. The van der Waals surface area contributed by atoms with Crippen molar-refractivity contribution in [2.75, 3.05) is 5.32 Å². The van der Waals surface area contributed by atoms with Crippen LogP contribution in [0.5, 0.6) is 0 Å². The van der Waals surface area contributed by atoms with E-state index in [-0.39, 0.29) is 0 Å². The van der Waals surface area contributed by atoms with E-state index in [0.29, 0.717) is 0 Å². The third-order valence-electron chi connectivity index (χ3n) is 10.4. The molecule has 0 aliphatic heterocycles. The number of aryl methyl sites for hydroxylation is 1. The number of benzene rings is 8. The average Bonchev–Trinajstić information content (AvgIpc) is 3.49. The lowest BCUT2D eigenvalue weighted by molar-refractivity contribution is 0.768. The van der Waals surface area contributed by atoms with Gasteiger partial charge in [0.05, 0.1) is 5.41 Å². The van der Waals surface area contributed by atoms with Crippen LogP contribution in [0.15, 0.2) is 200 Å². The summed E-state index contributed by atoms with van der Waals surface area (Å²) >= 11 is 0. The van der Waals surface area contributed by atoms with Crippen LogP contribution < -0.4 is 5.32 Å². The Kier molecular flexibility index (Phi) is 7.67. The van der Waals surface area contributed by atoms with Crippen molar-refractivity contribution in [1.82, 2.24) is 0 Å². The van der Waals surface area contributed by atoms with E-state index >= 15 is 0 Å². The van der Waals surface area contributed by atoms with Gasteiger partial charge in [-0.15, -0.1) is 0 Å². The monoisotopic (exact) mass is 651 g/mol. The molecule has 1 N–H and O–H groups in total. The highest BCUT2D eigenvalue weighted by molar-refractivity contribution is 5.90. The number of nitrogens with one attached hydrogen (secondary N) is 1. The molecule has 8 aromatic carbocycles. The van der Waals surface area contributed by atoms with Gasteiger partial charge in [0, 0.05) is 11.4 Å². The molecule has 0 radical (unpaired) electrons. The van der Waals surface area contributed by atoms with Crippen LogP contribution in [0, 0.1) is 6.92 Å². The first kappa shape index (κ1) is 30.6. The Bertz CT molecular complexity index is 2450. The van der Waals surface area contributed by atoms with E-state index in [1.807, 2.05) is 0 Å². The minimum Gasteiger partial charge on any atom is -0.356 e. The summed E-state index contributed by atoms with van der Waals surface area (Å²) in [6.45, 7) is 2.16. The second kappa shape index (κ2) is 12.8. The zero-order valence-electron chi connectivity index (χ0n) is 28.6. The lowest BCUT2D eigenvalue weighted by Gasteiger charge is -2.34. The van der Waals surface area contributed by atoms with Gasteiger partial charge in [0.1, 0.15) is 0 Å². The van der Waals surface area contributed by atoms with Crippen molar-refractivity contribution in [2.45, 2.75) is 12.3 Å². The van der Waals surface area contributed by atoms with Crippen LogP contribution in [0.1, 0.15) is 27.8 Å². The first-order valence-electron chi connectivity index (χ1n) is 17.7. The topological polar surface area (TPSA) is 12.0 Å². The maximum atomic E-state index is 3.74. The fourth-order valence-corrected chi connectivity index (χ4v) is 7.89. The van der Waals surface area contributed by atoms with Crippen molar-refractivity contribution in [2.24, 2.45) is 0 Å². The van der Waals surface area contributed by atoms with Gasteiger partial charge in [-0.1, -0.05) is 175 Å². The molecule has 0 saturated carbocycles. The summed E-state index contributed by atoms with van der Waals surface area (Å²) in [5.74, 6) is 0. The Morgan fingerprint density at radius 1 is 0.333 bits per heavy atom. The summed E-state index contributed by atoms with van der Waals surface area (Å²) in [6.07, 6.45) is 0. The molecule has 1 heteroatoms. The van der Waals surface area contributed by atoms with Gasteiger partial charge in [-0.25, -0.2) is 0 Å². The van der Waals surface area contributed by atoms with E-state index in [0.717, 1.165) is 11.4 Å². The Hall–Kier alpha value is -6.44. The second-order valence-corrected chi connectivity index (χ2v) is 13.5. The molecule has 1 unspecified atom stereocenters. The molecule has 0 amide bonds. The van der Waals surface area contributed by atoms with Gasteiger partial charge in [0.25, 0.3) is 0 Å². The molecule has 242 valence electrons. The number of hydrogen-bond acceptors (Lipinski definition) is 1. The van der Waals surface area contributed by atoms with Crippen LogP contribution in [0.2, 0.25) is 0 Å². The standard InChI is InChI=1S/C50H37N/c1-35-17-26-43(27-18-35)50(42-15-9-4-10-16-42)48-33-41(40-21-19-38(20-22-40)36-11-5-2-6-12-36)25-31-46(48)47-32-30-45(34-49(47)50)51-44-28-23-39(24-29-44)37-13-7-3-8-14-37/h2-34,51H,1H3. The Morgan fingerprint density at radius 2 is 0.745 bits per heavy atom. The van der Waals surface area contributed by atoms with Crippen molar-refractivity contribution in [3.8, 4) is 44.5 Å². The van der Waals surface area contributed by atoms with Gasteiger partial charge in [0.2, 0.25) is 0 Å². The zero-order chi connectivity index (χ0) is 34.2. The van der Waals surface area contributed by atoms with Gasteiger partial charge < -0.3 is 5.32 Å². The number of rotatable bonds is 7. The van der Waals surface area contributed by atoms with Crippen LogP contribution in [0.25, 0.3) is 44.5 Å². The smallest absolute Gasteiger partial charge is 0.0714 e. The molecule has 8 aromatic rings. The maximum absolute atomic E-state index is 3.74. The first-order valence-corrected chi connectivity index (χ1v) is 17.7. The average molecular weight is 652 g/mol. The van der Waals surface area contributed by atoms with Crippen LogP contribution in [0.3, 0.4) is 0 Å². The minimum absolute atomic E-state index is 0.505. The Balaban J connectivity index is 1.18. The van der Waals surface area contributed by atoms with Crippen LogP contribution in [-0.4, -0.2) is 0 Å². The Morgan fingerprint density at radius 3 is 1.33 bits per heavy atom. The summed E-state index contributed by atoms with van der Waals surface area (Å²) < 4.78 is 0. The van der Waals surface area contributed by atoms with Crippen LogP contribution in [0.4, 0.5) is 11.4 Å². The molecule has 51 heavy (non-hydrogen) atoms. The summed E-state index contributed by atoms with van der Waals surface area (Å²) in [5, 5.41) is 3.74.